The van der Waals surface area contributed by atoms with Gasteiger partial charge in [0.05, 0.1) is 7.11 Å². The molecule has 0 radical (unpaired) electrons. The summed E-state index contributed by atoms with van der Waals surface area (Å²) in [6, 6.07) is 8.16. The minimum Gasteiger partial charge on any atom is -0.497 e. The molecule has 1 aromatic carbocycles. The molecular weight excluding hydrogens is 262 g/mol. The lowest BCUT2D eigenvalue weighted by molar-refractivity contribution is -0.126. The molecule has 0 heterocycles. The molecule has 2 rings (SSSR count). The largest absolute Gasteiger partial charge is 0.497 e. The fourth-order valence-electron chi connectivity index (χ4n) is 3.23. The number of nitrogens with zero attached hydrogens (tertiary/aromatic N) is 1. The first-order chi connectivity index (χ1) is 10.1. The molecule has 1 aliphatic carbocycles. The summed E-state index contributed by atoms with van der Waals surface area (Å²) in [7, 11) is 3.78. The van der Waals surface area contributed by atoms with Gasteiger partial charge in [-0.1, -0.05) is 25.5 Å². The van der Waals surface area contributed by atoms with Crippen molar-refractivity contribution >= 4 is 5.78 Å². The van der Waals surface area contributed by atoms with E-state index in [0.29, 0.717) is 5.78 Å². The summed E-state index contributed by atoms with van der Waals surface area (Å²) in [5.41, 5.74) is 1.26. The Morgan fingerprint density at radius 3 is 2.62 bits per heavy atom. The van der Waals surface area contributed by atoms with E-state index in [1.54, 1.807) is 7.11 Å². The van der Waals surface area contributed by atoms with Crippen LogP contribution in [0.5, 0.6) is 5.75 Å². The molecule has 0 amide bonds. The highest BCUT2D eigenvalue weighted by Crippen LogP contribution is 2.29. The lowest BCUT2D eigenvalue weighted by Crippen LogP contribution is -2.34. The number of carbonyl (C=O) groups is 1. The van der Waals surface area contributed by atoms with Gasteiger partial charge in [-0.2, -0.15) is 0 Å². The Morgan fingerprint density at radius 2 is 2.00 bits per heavy atom. The number of hydrogen-bond acceptors (Lipinski definition) is 3. The van der Waals surface area contributed by atoms with Crippen LogP contribution in [0.2, 0.25) is 0 Å². The average Bonchev–Trinajstić information content (AvgIpc) is 2.50. The average molecular weight is 289 g/mol. The number of methoxy groups -OCH3 is 1. The third-order valence-electron chi connectivity index (χ3n) is 4.59. The summed E-state index contributed by atoms with van der Waals surface area (Å²) < 4.78 is 5.18. The molecule has 116 valence electrons. The Labute approximate surface area is 128 Å². The second-order valence-electron chi connectivity index (χ2n) is 6.26. The van der Waals surface area contributed by atoms with Gasteiger partial charge in [0.1, 0.15) is 11.5 Å². The van der Waals surface area contributed by atoms with Gasteiger partial charge in [-0.3, -0.25) is 4.79 Å². The van der Waals surface area contributed by atoms with E-state index in [1.807, 2.05) is 12.1 Å². The quantitative estimate of drug-likeness (QED) is 0.802. The minimum atomic E-state index is 0.229. The lowest BCUT2D eigenvalue weighted by Gasteiger charge is -2.30. The summed E-state index contributed by atoms with van der Waals surface area (Å²) in [5, 5.41) is 0. The number of Topliss-reactive ketones (excluding diaryl/α,β-unsaturated/α-hetero) is 1. The van der Waals surface area contributed by atoms with E-state index in [4.69, 9.17) is 4.74 Å². The molecule has 1 fully saturated rings. The van der Waals surface area contributed by atoms with Gasteiger partial charge >= 0.3 is 0 Å². The predicted octanol–water partition coefficient (Wildman–Crippen LogP) is 3.52. The summed E-state index contributed by atoms with van der Waals surface area (Å²) in [6.45, 7) is 3.99. The molecule has 1 aromatic rings. The van der Waals surface area contributed by atoms with Crippen LogP contribution in [0, 0.1) is 11.8 Å². The van der Waals surface area contributed by atoms with Gasteiger partial charge in [-0.25, -0.2) is 0 Å². The zero-order valence-corrected chi connectivity index (χ0v) is 13.5. The van der Waals surface area contributed by atoms with Crippen LogP contribution in [-0.2, 0) is 11.3 Å². The molecule has 0 N–H and O–H groups in total. The van der Waals surface area contributed by atoms with Gasteiger partial charge in [-0.15, -0.1) is 0 Å². The van der Waals surface area contributed by atoms with E-state index in [-0.39, 0.29) is 5.92 Å². The van der Waals surface area contributed by atoms with Crippen LogP contribution in [0.1, 0.15) is 38.2 Å². The normalized spacial score (nSPS) is 22.6. The second-order valence-corrected chi connectivity index (χ2v) is 6.26. The highest BCUT2D eigenvalue weighted by molar-refractivity contribution is 5.81. The second kappa shape index (κ2) is 7.60. The van der Waals surface area contributed by atoms with Crippen LogP contribution in [0.4, 0.5) is 0 Å². The molecule has 0 aliphatic heterocycles. The Kier molecular flexibility index (Phi) is 5.80. The summed E-state index contributed by atoms with van der Waals surface area (Å²) in [5.74, 6) is 2.31. The summed E-state index contributed by atoms with van der Waals surface area (Å²) >= 11 is 0. The molecule has 0 spiro atoms. The van der Waals surface area contributed by atoms with E-state index < -0.39 is 0 Å². The highest BCUT2D eigenvalue weighted by Gasteiger charge is 2.28. The van der Waals surface area contributed by atoms with Crippen LogP contribution >= 0.6 is 0 Å². The van der Waals surface area contributed by atoms with Crippen LogP contribution in [0.3, 0.4) is 0 Å². The van der Waals surface area contributed by atoms with E-state index in [9.17, 15) is 4.79 Å². The Bertz CT molecular complexity index is 455. The van der Waals surface area contributed by atoms with Crippen LogP contribution in [0.15, 0.2) is 24.3 Å². The fraction of sp³-hybridized carbons (Fsp3) is 0.611. The van der Waals surface area contributed by atoms with E-state index in [0.717, 1.165) is 44.0 Å². The van der Waals surface area contributed by atoms with Crippen molar-refractivity contribution in [3.05, 3.63) is 29.8 Å². The van der Waals surface area contributed by atoms with E-state index in [2.05, 4.69) is 31.0 Å². The lowest BCUT2D eigenvalue weighted by atomic mass is 9.79. The van der Waals surface area contributed by atoms with E-state index in [1.165, 1.54) is 12.0 Å². The molecule has 0 aromatic heterocycles. The number of benzene rings is 1. The number of rotatable bonds is 6. The van der Waals surface area contributed by atoms with Crippen molar-refractivity contribution in [3.63, 3.8) is 0 Å². The topological polar surface area (TPSA) is 29.5 Å². The highest BCUT2D eigenvalue weighted by atomic mass is 16.5. The van der Waals surface area contributed by atoms with Crippen molar-refractivity contribution in [1.82, 2.24) is 4.90 Å². The van der Waals surface area contributed by atoms with Gasteiger partial charge in [0.25, 0.3) is 0 Å². The molecule has 3 nitrogen and oxygen atoms in total. The van der Waals surface area contributed by atoms with E-state index >= 15 is 0 Å². The Hall–Kier alpha value is -1.35. The van der Waals surface area contributed by atoms with Crippen molar-refractivity contribution in [1.29, 1.82) is 0 Å². The zero-order valence-electron chi connectivity index (χ0n) is 13.5. The Balaban J connectivity index is 1.87. The molecule has 0 bridgehead atoms. The molecule has 2 unspecified atom stereocenters. The summed E-state index contributed by atoms with van der Waals surface area (Å²) in [6.07, 6.45) is 4.14. The number of hydrogen-bond donors (Lipinski definition) is 0. The third-order valence-corrected chi connectivity index (χ3v) is 4.59. The number of carbonyl (C=O) groups excluding carboxylic acids is 1. The Morgan fingerprint density at radius 1 is 1.29 bits per heavy atom. The van der Waals surface area contributed by atoms with Crippen LogP contribution in [0.25, 0.3) is 0 Å². The first-order valence-electron chi connectivity index (χ1n) is 7.96. The SMILES string of the molecule is CCC1CCC(=O)C(CN(C)Cc2ccc(OC)cc2)C1. The van der Waals surface area contributed by atoms with Crippen LogP contribution in [-0.4, -0.2) is 31.4 Å². The summed E-state index contributed by atoms with van der Waals surface area (Å²) in [4.78, 5) is 14.4. The molecule has 1 aliphatic rings. The van der Waals surface area contributed by atoms with Crippen molar-refractivity contribution in [2.24, 2.45) is 11.8 Å². The maximum absolute atomic E-state index is 12.1. The number of ether oxygens (including phenoxy) is 1. The molecule has 0 saturated heterocycles. The zero-order chi connectivity index (χ0) is 15.2. The van der Waals surface area contributed by atoms with Crippen molar-refractivity contribution in [2.75, 3.05) is 20.7 Å². The fourth-order valence-corrected chi connectivity index (χ4v) is 3.23. The smallest absolute Gasteiger partial charge is 0.137 e. The standard InChI is InChI=1S/C18H27NO2/c1-4-14-7-10-18(20)16(11-14)13-19(2)12-15-5-8-17(21-3)9-6-15/h5-6,8-9,14,16H,4,7,10-13H2,1-3H3. The molecule has 21 heavy (non-hydrogen) atoms. The van der Waals surface area contributed by atoms with Crippen molar-refractivity contribution in [2.45, 2.75) is 39.2 Å². The first kappa shape index (κ1) is 16.0. The minimum absolute atomic E-state index is 0.229. The maximum Gasteiger partial charge on any atom is 0.137 e. The van der Waals surface area contributed by atoms with Gasteiger partial charge in [0.2, 0.25) is 0 Å². The van der Waals surface area contributed by atoms with Gasteiger partial charge in [0, 0.05) is 25.4 Å². The van der Waals surface area contributed by atoms with Gasteiger partial charge in [0.15, 0.2) is 0 Å². The molecule has 1 saturated carbocycles. The predicted molar refractivity (Wildman–Crippen MR) is 85.5 cm³/mol. The van der Waals surface area contributed by atoms with Crippen molar-refractivity contribution in [3.8, 4) is 5.75 Å². The van der Waals surface area contributed by atoms with Crippen LogP contribution < -0.4 is 4.74 Å². The van der Waals surface area contributed by atoms with Gasteiger partial charge < -0.3 is 9.64 Å². The van der Waals surface area contributed by atoms with Gasteiger partial charge in [-0.05, 0) is 43.5 Å². The third kappa shape index (κ3) is 4.57. The first-order valence-corrected chi connectivity index (χ1v) is 7.96. The molecule has 2 atom stereocenters. The number of ketones is 1. The maximum atomic E-state index is 12.1. The van der Waals surface area contributed by atoms with Crippen molar-refractivity contribution < 1.29 is 9.53 Å². The monoisotopic (exact) mass is 289 g/mol. The molecular formula is C18H27NO2. The molecule has 3 heteroatoms.